The number of benzene rings is 1. The maximum Gasteiger partial charge on any atom is 0.417 e. The molecule has 2 aliphatic rings. The van der Waals surface area contributed by atoms with Gasteiger partial charge in [-0.3, -0.25) is 9.59 Å². The number of hydrogen-bond acceptors (Lipinski definition) is 5. The molecule has 2 heterocycles. The molecule has 0 aromatic heterocycles. The highest BCUT2D eigenvalue weighted by Gasteiger charge is 2.38. The Balaban J connectivity index is 1.47. The zero-order chi connectivity index (χ0) is 17.8. The molecule has 1 aromatic carbocycles. The van der Waals surface area contributed by atoms with E-state index in [-0.39, 0.29) is 24.5 Å². The molecular formula is C18H19N3O4. The molecule has 7 nitrogen and oxygen atoms in total. The Morgan fingerprint density at radius 3 is 2.44 bits per heavy atom. The number of likely N-dealkylation sites (tertiary alicyclic amines) is 1. The van der Waals surface area contributed by atoms with Crippen LogP contribution in [0.3, 0.4) is 0 Å². The summed E-state index contributed by atoms with van der Waals surface area (Å²) in [7, 11) is 0. The summed E-state index contributed by atoms with van der Waals surface area (Å²) in [5.41, 5.74) is 1.62. The Morgan fingerprint density at radius 1 is 1.20 bits per heavy atom. The Kier molecular flexibility index (Phi) is 4.98. The number of carbonyl (C=O) groups excluding carboxylic acids is 3. The van der Waals surface area contributed by atoms with Gasteiger partial charge in [0.2, 0.25) is 5.91 Å². The molecule has 0 aliphatic carbocycles. The number of ether oxygens (including phenoxy) is 1. The zero-order valence-electron chi connectivity index (χ0n) is 13.8. The standard InChI is InChI=1S/C18H19N3O4/c19-11-14-3-1-13(2-4-14)5-6-16(22)20-9-7-15(8-10-20)21-17(23)12-25-18(21)24/h1-4,15H,5-10,12H2. The van der Waals surface area contributed by atoms with Crippen LogP contribution in [0.4, 0.5) is 4.79 Å². The Bertz CT molecular complexity index is 699. The number of piperidine rings is 1. The summed E-state index contributed by atoms with van der Waals surface area (Å²) in [5, 5.41) is 8.79. The van der Waals surface area contributed by atoms with Crippen molar-refractivity contribution in [3.8, 4) is 6.07 Å². The minimum Gasteiger partial charge on any atom is -0.439 e. The van der Waals surface area contributed by atoms with Crippen molar-refractivity contribution < 1.29 is 19.1 Å². The maximum absolute atomic E-state index is 12.4. The molecule has 0 atom stereocenters. The Morgan fingerprint density at radius 2 is 1.88 bits per heavy atom. The van der Waals surface area contributed by atoms with Crippen molar-refractivity contribution in [2.24, 2.45) is 0 Å². The molecule has 7 heteroatoms. The van der Waals surface area contributed by atoms with Gasteiger partial charge in [0.25, 0.3) is 5.91 Å². The molecule has 2 aliphatic heterocycles. The number of carbonyl (C=O) groups is 3. The molecule has 2 saturated heterocycles. The van der Waals surface area contributed by atoms with Crippen LogP contribution in [-0.2, 0) is 20.7 Å². The van der Waals surface area contributed by atoms with Crippen molar-refractivity contribution in [3.63, 3.8) is 0 Å². The fourth-order valence-electron chi connectivity index (χ4n) is 3.25. The second kappa shape index (κ2) is 7.34. The van der Waals surface area contributed by atoms with Crippen molar-refractivity contribution in [2.75, 3.05) is 19.7 Å². The van der Waals surface area contributed by atoms with Gasteiger partial charge in [-0.25, -0.2) is 9.69 Å². The van der Waals surface area contributed by atoms with E-state index in [9.17, 15) is 14.4 Å². The van der Waals surface area contributed by atoms with Gasteiger partial charge in [0, 0.05) is 25.6 Å². The van der Waals surface area contributed by atoms with Gasteiger partial charge in [-0.15, -0.1) is 0 Å². The van der Waals surface area contributed by atoms with Crippen molar-refractivity contribution >= 4 is 17.9 Å². The first-order valence-corrected chi connectivity index (χ1v) is 8.34. The number of aryl methyl sites for hydroxylation is 1. The van der Waals surface area contributed by atoms with E-state index in [0.29, 0.717) is 44.3 Å². The van der Waals surface area contributed by atoms with E-state index in [2.05, 4.69) is 6.07 Å². The molecule has 3 amide bonds. The number of nitrogens with zero attached hydrogens (tertiary/aromatic N) is 3. The van der Waals surface area contributed by atoms with Crippen LogP contribution in [0.5, 0.6) is 0 Å². The van der Waals surface area contributed by atoms with Gasteiger partial charge in [-0.05, 0) is 37.0 Å². The lowest BCUT2D eigenvalue weighted by Crippen LogP contribution is -2.48. The van der Waals surface area contributed by atoms with E-state index < -0.39 is 6.09 Å². The zero-order valence-corrected chi connectivity index (χ0v) is 13.8. The first-order chi connectivity index (χ1) is 12.1. The topological polar surface area (TPSA) is 90.7 Å². The molecule has 3 rings (SSSR count). The number of hydrogen-bond donors (Lipinski definition) is 0. The van der Waals surface area contributed by atoms with Crippen LogP contribution in [0.25, 0.3) is 0 Å². The monoisotopic (exact) mass is 341 g/mol. The third-order valence-electron chi connectivity index (χ3n) is 4.68. The molecule has 1 aromatic rings. The SMILES string of the molecule is N#Cc1ccc(CCC(=O)N2CCC(N3C(=O)COC3=O)CC2)cc1. The van der Waals surface area contributed by atoms with Gasteiger partial charge in [-0.1, -0.05) is 12.1 Å². The lowest BCUT2D eigenvalue weighted by molar-refractivity contribution is -0.133. The smallest absolute Gasteiger partial charge is 0.417 e. The number of nitriles is 1. The van der Waals surface area contributed by atoms with E-state index in [1.54, 1.807) is 17.0 Å². The average molecular weight is 341 g/mol. The van der Waals surface area contributed by atoms with E-state index in [4.69, 9.17) is 10.00 Å². The quantitative estimate of drug-likeness (QED) is 0.827. The number of amides is 3. The lowest BCUT2D eigenvalue weighted by Gasteiger charge is -2.34. The lowest BCUT2D eigenvalue weighted by atomic mass is 10.0. The van der Waals surface area contributed by atoms with Gasteiger partial charge in [0.05, 0.1) is 11.6 Å². The fourth-order valence-corrected chi connectivity index (χ4v) is 3.25. The van der Waals surface area contributed by atoms with Crippen LogP contribution < -0.4 is 0 Å². The number of imide groups is 1. The summed E-state index contributed by atoms with van der Waals surface area (Å²) in [6.07, 6.45) is 1.63. The fraction of sp³-hybridized carbons (Fsp3) is 0.444. The minimum atomic E-state index is -0.574. The summed E-state index contributed by atoms with van der Waals surface area (Å²) in [4.78, 5) is 38.6. The van der Waals surface area contributed by atoms with Gasteiger partial charge in [-0.2, -0.15) is 5.26 Å². The number of rotatable bonds is 4. The van der Waals surface area contributed by atoms with Crippen molar-refractivity contribution in [2.45, 2.75) is 31.7 Å². The van der Waals surface area contributed by atoms with Crippen LogP contribution in [-0.4, -0.2) is 53.4 Å². The van der Waals surface area contributed by atoms with Crippen LogP contribution in [0.2, 0.25) is 0 Å². The number of cyclic esters (lactones) is 1. The summed E-state index contributed by atoms with van der Waals surface area (Å²) in [6.45, 7) is 0.893. The largest absolute Gasteiger partial charge is 0.439 e. The van der Waals surface area contributed by atoms with Crippen LogP contribution in [0.1, 0.15) is 30.4 Å². The highest BCUT2D eigenvalue weighted by Crippen LogP contribution is 2.21. The van der Waals surface area contributed by atoms with Gasteiger partial charge >= 0.3 is 6.09 Å². The highest BCUT2D eigenvalue weighted by atomic mass is 16.6. The average Bonchev–Trinajstić information content (AvgIpc) is 2.98. The van der Waals surface area contributed by atoms with Crippen molar-refractivity contribution in [1.29, 1.82) is 5.26 Å². The molecule has 130 valence electrons. The molecule has 0 unspecified atom stereocenters. The first kappa shape index (κ1) is 17.0. The minimum absolute atomic E-state index is 0.0677. The maximum atomic E-state index is 12.4. The molecule has 25 heavy (non-hydrogen) atoms. The van der Waals surface area contributed by atoms with Crippen LogP contribution >= 0.6 is 0 Å². The van der Waals surface area contributed by atoms with E-state index >= 15 is 0 Å². The van der Waals surface area contributed by atoms with E-state index in [0.717, 1.165) is 5.56 Å². The Labute approximate surface area is 145 Å². The van der Waals surface area contributed by atoms with Crippen LogP contribution in [0, 0.1) is 11.3 Å². The second-order valence-electron chi connectivity index (χ2n) is 6.24. The molecule has 0 N–H and O–H groups in total. The molecule has 0 spiro atoms. The van der Waals surface area contributed by atoms with Gasteiger partial charge < -0.3 is 9.64 Å². The highest BCUT2D eigenvalue weighted by molar-refractivity contribution is 5.98. The summed E-state index contributed by atoms with van der Waals surface area (Å²) in [6, 6.07) is 9.11. The molecule has 0 saturated carbocycles. The van der Waals surface area contributed by atoms with Crippen LogP contribution in [0.15, 0.2) is 24.3 Å². The first-order valence-electron chi connectivity index (χ1n) is 8.34. The van der Waals surface area contributed by atoms with E-state index in [1.807, 2.05) is 12.1 Å². The summed E-state index contributed by atoms with van der Waals surface area (Å²) < 4.78 is 4.75. The third-order valence-corrected chi connectivity index (χ3v) is 4.68. The normalized spacial score (nSPS) is 18.2. The molecule has 0 radical (unpaired) electrons. The predicted molar refractivity (Wildman–Crippen MR) is 87.3 cm³/mol. The van der Waals surface area contributed by atoms with E-state index in [1.165, 1.54) is 4.90 Å². The predicted octanol–water partition coefficient (Wildman–Crippen LogP) is 1.46. The van der Waals surface area contributed by atoms with Crippen molar-refractivity contribution in [1.82, 2.24) is 9.80 Å². The summed E-state index contributed by atoms with van der Waals surface area (Å²) >= 11 is 0. The molecule has 2 fully saturated rings. The molecule has 0 bridgehead atoms. The van der Waals surface area contributed by atoms with Crippen molar-refractivity contribution in [3.05, 3.63) is 35.4 Å². The third kappa shape index (κ3) is 3.79. The van der Waals surface area contributed by atoms with Gasteiger partial charge in [0.15, 0.2) is 6.61 Å². The summed E-state index contributed by atoms with van der Waals surface area (Å²) in [5.74, 6) is -0.228. The Hall–Kier alpha value is -2.88. The molecular weight excluding hydrogens is 322 g/mol. The second-order valence-corrected chi connectivity index (χ2v) is 6.24. The van der Waals surface area contributed by atoms with Gasteiger partial charge in [0.1, 0.15) is 0 Å².